The van der Waals surface area contributed by atoms with Crippen molar-refractivity contribution in [2.24, 2.45) is 5.92 Å². The minimum atomic E-state index is 0.358. The van der Waals surface area contributed by atoms with Crippen LogP contribution in [0, 0.1) is 5.92 Å². The normalized spacial score (nSPS) is 21.3. The average Bonchev–Trinajstić information content (AvgIpc) is 3.49. The van der Waals surface area contributed by atoms with E-state index in [-0.39, 0.29) is 0 Å². The lowest BCUT2D eigenvalue weighted by atomic mass is 9.93. The fourth-order valence-corrected chi connectivity index (χ4v) is 5.61. The standard InChI is InChI=1S/C29H34N2/c1-24(27-15-9-4-10-16-27)30-20-17-28(23-30)29(18-19-29)31(21-25-11-5-2-6-12-25)22-26-13-7-3-8-14-26/h2-16,24,28H,17-23H2,1H3/t24-,28+/m1/s1. The molecule has 0 unspecified atom stereocenters. The van der Waals surface area contributed by atoms with E-state index in [0.717, 1.165) is 19.0 Å². The highest BCUT2D eigenvalue weighted by atomic mass is 15.3. The van der Waals surface area contributed by atoms with Gasteiger partial charge in [0.05, 0.1) is 0 Å². The lowest BCUT2D eigenvalue weighted by molar-refractivity contribution is 0.100. The molecule has 2 aliphatic rings. The predicted octanol–water partition coefficient (Wildman–Crippen LogP) is 6.30. The minimum Gasteiger partial charge on any atom is -0.296 e. The third kappa shape index (κ3) is 4.46. The molecule has 5 rings (SSSR count). The van der Waals surface area contributed by atoms with Crippen LogP contribution in [0.1, 0.15) is 48.9 Å². The van der Waals surface area contributed by atoms with Crippen LogP contribution in [-0.2, 0) is 13.1 Å². The van der Waals surface area contributed by atoms with Crippen LogP contribution in [0.25, 0.3) is 0 Å². The smallest absolute Gasteiger partial charge is 0.0320 e. The molecule has 2 atom stereocenters. The fraction of sp³-hybridized carbons (Fsp3) is 0.379. The maximum Gasteiger partial charge on any atom is 0.0320 e. The van der Waals surface area contributed by atoms with Gasteiger partial charge < -0.3 is 0 Å². The van der Waals surface area contributed by atoms with Crippen LogP contribution >= 0.6 is 0 Å². The third-order valence-corrected chi connectivity index (χ3v) is 7.63. The third-order valence-electron chi connectivity index (χ3n) is 7.63. The van der Waals surface area contributed by atoms with Crippen molar-refractivity contribution in [3.8, 4) is 0 Å². The van der Waals surface area contributed by atoms with Gasteiger partial charge >= 0.3 is 0 Å². The Bertz CT molecular complexity index is 908. The van der Waals surface area contributed by atoms with Crippen LogP contribution in [0.3, 0.4) is 0 Å². The predicted molar refractivity (Wildman–Crippen MR) is 129 cm³/mol. The first-order valence-electron chi connectivity index (χ1n) is 11.9. The molecular formula is C29H34N2. The Kier molecular flexibility index (Phi) is 5.93. The van der Waals surface area contributed by atoms with Crippen LogP contribution in [0.15, 0.2) is 91.0 Å². The van der Waals surface area contributed by atoms with Gasteiger partial charge in [0.2, 0.25) is 0 Å². The molecule has 1 saturated heterocycles. The van der Waals surface area contributed by atoms with Crippen LogP contribution < -0.4 is 0 Å². The molecule has 3 aromatic rings. The quantitative estimate of drug-likeness (QED) is 0.430. The van der Waals surface area contributed by atoms with Gasteiger partial charge in [0.15, 0.2) is 0 Å². The summed E-state index contributed by atoms with van der Waals surface area (Å²) in [5.74, 6) is 0.756. The van der Waals surface area contributed by atoms with E-state index in [1.54, 1.807) is 0 Å². The van der Waals surface area contributed by atoms with Gasteiger partial charge in [-0.2, -0.15) is 0 Å². The van der Waals surface area contributed by atoms with Crippen molar-refractivity contribution in [3.63, 3.8) is 0 Å². The molecule has 3 aromatic carbocycles. The van der Waals surface area contributed by atoms with Gasteiger partial charge in [-0.05, 0) is 55.3 Å². The van der Waals surface area contributed by atoms with Gasteiger partial charge in [-0.3, -0.25) is 9.80 Å². The second-order valence-electron chi connectivity index (χ2n) is 9.50. The molecular weight excluding hydrogens is 376 g/mol. The van der Waals surface area contributed by atoms with Crippen LogP contribution in [0.4, 0.5) is 0 Å². The molecule has 1 heterocycles. The number of hydrogen-bond donors (Lipinski definition) is 0. The molecule has 160 valence electrons. The van der Waals surface area contributed by atoms with E-state index < -0.39 is 0 Å². The Morgan fingerprint density at radius 1 is 0.806 bits per heavy atom. The van der Waals surface area contributed by atoms with Crippen molar-refractivity contribution in [1.82, 2.24) is 9.80 Å². The first-order valence-corrected chi connectivity index (χ1v) is 11.9. The van der Waals surface area contributed by atoms with E-state index in [1.807, 2.05) is 0 Å². The molecule has 0 N–H and O–H groups in total. The summed E-state index contributed by atoms with van der Waals surface area (Å²) in [5.41, 5.74) is 4.66. The largest absolute Gasteiger partial charge is 0.296 e. The second-order valence-corrected chi connectivity index (χ2v) is 9.50. The second kappa shape index (κ2) is 8.98. The summed E-state index contributed by atoms with van der Waals surface area (Å²) in [6.07, 6.45) is 3.99. The highest BCUT2D eigenvalue weighted by Gasteiger charge is 2.55. The van der Waals surface area contributed by atoms with Crippen molar-refractivity contribution in [1.29, 1.82) is 0 Å². The van der Waals surface area contributed by atoms with E-state index in [0.29, 0.717) is 11.6 Å². The summed E-state index contributed by atoms with van der Waals surface area (Å²) in [6, 6.07) is 33.6. The molecule has 2 fully saturated rings. The molecule has 0 bridgehead atoms. The fourth-order valence-electron chi connectivity index (χ4n) is 5.61. The zero-order valence-corrected chi connectivity index (χ0v) is 18.7. The molecule has 0 amide bonds. The number of benzene rings is 3. The van der Waals surface area contributed by atoms with Crippen molar-refractivity contribution in [3.05, 3.63) is 108 Å². The lowest BCUT2D eigenvalue weighted by Gasteiger charge is -2.37. The molecule has 1 aliphatic carbocycles. The molecule has 0 spiro atoms. The first-order chi connectivity index (χ1) is 15.2. The van der Waals surface area contributed by atoms with E-state index in [9.17, 15) is 0 Å². The molecule has 1 aliphatic heterocycles. The van der Waals surface area contributed by atoms with Crippen molar-refractivity contribution >= 4 is 0 Å². The van der Waals surface area contributed by atoms with Gasteiger partial charge in [0.25, 0.3) is 0 Å². The van der Waals surface area contributed by atoms with Crippen molar-refractivity contribution < 1.29 is 0 Å². The van der Waals surface area contributed by atoms with Gasteiger partial charge in [-0.15, -0.1) is 0 Å². The maximum atomic E-state index is 2.80. The topological polar surface area (TPSA) is 6.48 Å². The monoisotopic (exact) mass is 410 g/mol. The van der Waals surface area contributed by atoms with E-state index in [1.165, 1.54) is 49.0 Å². The Balaban J connectivity index is 1.35. The number of nitrogens with zero attached hydrogens (tertiary/aromatic N) is 2. The number of hydrogen-bond acceptors (Lipinski definition) is 2. The van der Waals surface area contributed by atoms with Gasteiger partial charge in [0.1, 0.15) is 0 Å². The first kappa shape index (κ1) is 20.5. The van der Waals surface area contributed by atoms with Gasteiger partial charge in [-0.25, -0.2) is 0 Å². The summed E-state index contributed by atoms with van der Waals surface area (Å²) in [7, 11) is 0. The summed E-state index contributed by atoms with van der Waals surface area (Å²) in [5, 5.41) is 0. The lowest BCUT2D eigenvalue weighted by Crippen LogP contribution is -2.43. The molecule has 2 nitrogen and oxygen atoms in total. The van der Waals surface area contributed by atoms with Crippen LogP contribution in [0.5, 0.6) is 0 Å². The van der Waals surface area contributed by atoms with E-state index in [4.69, 9.17) is 0 Å². The molecule has 31 heavy (non-hydrogen) atoms. The summed E-state index contributed by atoms with van der Waals surface area (Å²) >= 11 is 0. The molecule has 0 radical (unpaired) electrons. The van der Waals surface area contributed by atoms with E-state index in [2.05, 4.69) is 108 Å². The SMILES string of the molecule is C[C@H](c1ccccc1)N1CC[C@H](C2(N(Cc3ccccc3)Cc3ccccc3)CC2)C1. The molecule has 1 saturated carbocycles. The Hall–Kier alpha value is -2.42. The average molecular weight is 411 g/mol. The molecule has 0 aromatic heterocycles. The Morgan fingerprint density at radius 2 is 1.32 bits per heavy atom. The summed E-state index contributed by atoms with van der Waals surface area (Å²) < 4.78 is 0. The Labute approximate surface area is 187 Å². The van der Waals surface area contributed by atoms with Gasteiger partial charge in [0, 0.05) is 31.2 Å². The highest BCUT2D eigenvalue weighted by Crippen LogP contribution is 2.52. The Morgan fingerprint density at radius 3 is 1.84 bits per heavy atom. The van der Waals surface area contributed by atoms with Crippen LogP contribution in [-0.4, -0.2) is 28.4 Å². The van der Waals surface area contributed by atoms with Crippen molar-refractivity contribution in [2.45, 2.75) is 50.9 Å². The van der Waals surface area contributed by atoms with Crippen LogP contribution in [0.2, 0.25) is 0 Å². The maximum absolute atomic E-state index is 2.80. The van der Waals surface area contributed by atoms with E-state index >= 15 is 0 Å². The zero-order chi connectivity index (χ0) is 21.1. The highest BCUT2D eigenvalue weighted by molar-refractivity contribution is 5.22. The van der Waals surface area contributed by atoms with Gasteiger partial charge in [-0.1, -0.05) is 91.0 Å². The zero-order valence-electron chi connectivity index (χ0n) is 18.7. The summed E-state index contributed by atoms with van der Waals surface area (Å²) in [4.78, 5) is 5.52. The van der Waals surface area contributed by atoms with Crippen molar-refractivity contribution in [2.75, 3.05) is 13.1 Å². The number of likely N-dealkylation sites (tertiary alicyclic amines) is 1. The summed E-state index contributed by atoms with van der Waals surface area (Å²) in [6.45, 7) is 6.90. The minimum absolute atomic E-state index is 0.358. The molecule has 2 heteroatoms. The number of rotatable bonds is 8.